The van der Waals surface area contributed by atoms with E-state index < -0.39 is 0 Å². The summed E-state index contributed by atoms with van der Waals surface area (Å²) in [7, 11) is 4.20. The van der Waals surface area contributed by atoms with Crippen molar-refractivity contribution in [3.05, 3.63) is 0 Å². The lowest BCUT2D eigenvalue weighted by molar-refractivity contribution is 0.176. The van der Waals surface area contributed by atoms with Crippen molar-refractivity contribution in [1.29, 1.82) is 0 Å². The fraction of sp³-hybridized carbons (Fsp3) is 0.909. The summed E-state index contributed by atoms with van der Waals surface area (Å²) in [6.45, 7) is 3.73. The van der Waals surface area contributed by atoms with Crippen molar-refractivity contribution in [1.82, 2.24) is 4.90 Å². The summed E-state index contributed by atoms with van der Waals surface area (Å²) in [5.74, 6) is 0. The van der Waals surface area contributed by atoms with Crippen molar-refractivity contribution in [2.75, 3.05) is 20.6 Å². The van der Waals surface area contributed by atoms with Gasteiger partial charge in [-0.1, -0.05) is 6.92 Å². The number of hydrogen-bond donors (Lipinski definition) is 0. The molecule has 2 atom stereocenters. The molecule has 74 valence electrons. The number of likely N-dealkylation sites (tertiary alicyclic amines) is 1. The second-order valence-electron chi connectivity index (χ2n) is 4.89. The largest absolute Gasteiger partial charge is 0.302 e. The van der Waals surface area contributed by atoms with E-state index in [1.54, 1.807) is 0 Å². The molecule has 0 aromatic heterocycles. The normalized spacial score (nSPS) is 43.9. The van der Waals surface area contributed by atoms with E-state index in [9.17, 15) is 0 Å². The highest BCUT2D eigenvalue weighted by Gasteiger charge is 2.44. The van der Waals surface area contributed by atoms with Crippen LogP contribution < -0.4 is 0 Å². The van der Waals surface area contributed by atoms with Crippen molar-refractivity contribution in [3.8, 4) is 0 Å². The first-order valence-corrected chi connectivity index (χ1v) is 5.30. The molecule has 0 radical (unpaired) electrons. The van der Waals surface area contributed by atoms with E-state index >= 15 is 0 Å². The number of fused-ring (bicyclic) bond motifs is 1. The zero-order valence-corrected chi connectivity index (χ0v) is 9.01. The summed E-state index contributed by atoms with van der Waals surface area (Å²) in [6, 6.07) is 0.764. The molecular formula is C11H20N2. The van der Waals surface area contributed by atoms with E-state index in [-0.39, 0.29) is 0 Å². The van der Waals surface area contributed by atoms with Gasteiger partial charge >= 0.3 is 0 Å². The van der Waals surface area contributed by atoms with E-state index in [0.29, 0.717) is 5.41 Å². The fourth-order valence-electron chi connectivity index (χ4n) is 2.94. The maximum absolute atomic E-state index is 4.36. The van der Waals surface area contributed by atoms with Crippen LogP contribution in [0, 0.1) is 5.41 Å². The van der Waals surface area contributed by atoms with Gasteiger partial charge < -0.3 is 4.90 Å². The summed E-state index contributed by atoms with van der Waals surface area (Å²) in [5, 5.41) is 0. The average Bonchev–Trinajstić information content (AvgIpc) is 2.43. The van der Waals surface area contributed by atoms with Crippen LogP contribution in [-0.4, -0.2) is 37.3 Å². The third-order valence-electron chi connectivity index (χ3n) is 4.10. The Hall–Kier alpha value is -0.370. The van der Waals surface area contributed by atoms with E-state index in [0.717, 1.165) is 6.04 Å². The monoisotopic (exact) mass is 180 g/mol. The molecule has 0 spiro atoms. The van der Waals surface area contributed by atoms with Crippen LogP contribution in [0.4, 0.5) is 0 Å². The third-order valence-corrected chi connectivity index (χ3v) is 4.10. The molecule has 2 aliphatic rings. The van der Waals surface area contributed by atoms with Crippen LogP contribution in [0.15, 0.2) is 4.99 Å². The van der Waals surface area contributed by atoms with Gasteiger partial charge in [0.1, 0.15) is 0 Å². The van der Waals surface area contributed by atoms with E-state index in [2.05, 4.69) is 23.9 Å². The van der Waals surface area contributed by atoms with Gasteiger partial charge in [0.05, 0.1) is 0 Å². The molecule has 1 heterocycles. The second kappa shape index (κ2) is 3.09. The highest BCUT2D eigenvalue weighted by atomic mass is 15.2. The molecule has 2 fully saturated rings. The van der Waals surface area contributed by atoms with Gasteiger partial charge in [0.25, 0.3) is 0 Å². The van der Waals surface area contributed by atoms with E-state index in [1.165, 1.54) is 37.9 Å². The van der Waals surface area contributed by atoms with Gasteiger partial charge in [-0.3, -0.25) is 4.99 Å². The summed E-state index contributed by atoms with van der Waals surface area (Å²) >= 11 is 0. The summed E-state index contributed by atoms with van der Waals surface area (Å²) in [6.07, 6.45) is 5.17. The minimum atomic E-state index is 0.586. The molecule has 2 heteroatoms. The molecule has 1 saturated carbocycles. The van der Waals surface area contributed by atoms with Crippen LogP contribution in [-0.2, 0) is 0 Å². The Kier molecular flexibility index (Phi) is 2.18. The molecule has 1 aliphatic carbocycles. The maximum Gasteiger partial charge on any atom is 0.0276 e. The van der Waals surface area contributed by atoms with E-state index in [4.69, 9.17) is 0 Å². The van der Waals surface area contributed by atoms with Crippen molar-refractivity contribution < 1.29 is 0 Å². The first-order valence-electron chi connectivity index (χ1n) is 5.30. The standard InChI is InChI=1S/C11H20N2/c1-11-5-4-9(12-2)8-10(11)13(3)7-6-11/h10H,4-8H2,1-3H3/b12-9+/t10-,11-/m0/s1. The predicted molar refractivity (Wildman–Crippen MR) is 56.4 cm³/mol. The van der Waals surface area contributed by atoms with Gasteiger partial charge in [-0.15, -0.1) is 0 Å². The van der Waals surface area contributed by atoms with Gasteiger partial charge in [0, 0.05) is 25.2 Å². The van der Waals surface area contributed by atoms with Crippen LogP contribution >= 0.6 is 0 Å². The minimum Gasteiger partial charge on any atom is -0.302 e. The number of rotatable bonds is 0. The zero-order chi connectivity index (χ0) is 9.47. The van der Waals surface area contributed by atoms with Crippen molar-refractivity contribution in [2.45, 2.75) is 38.6 Å². The second-order valence-corrected chi connectivity index (χ2v) is 4.89. The molecule has 0 amide bonds. The molecule has 2 rings (SSSR count). The third kappa shape index (κ3) is 1.41. The number of hydrogen-bond acceptors (Lipinski definition) is 2. The molecule has 13 heavy (non-hydrogen) atoms. The fourth-order valence-corrected chi connectivity index (χ4v) is 2.94. The lowest BCUT2D eigenvalue weighted by Gasteiger charge is -2.38. The first-order chi connectivity index (χ1) is 6.15. The number of aliphatic imine (C=N–C) groups is 1. The quantitative estimate of drug-likeness (QED) is 0.556. The van der Waals surface area contributed by atoms with Crippen LogP contribution in [0.3, 0.4) is 0 Å². The highest BCUT2D eigenvalue weighted by Crippen LogP contribution is 2.44. The Labute approximate surface area is 81.0 Å². The molecule has 0 unspecified atom stereocenters. The Balaban J connectivity index is 2.17. The molecule has 0 aromatic rings. The van der Waals surface area contributed by atoms with Crippen LogP contribution in [0.1, 0.15) is 32.6 Å². The lowest BCUT2D eigenvalue weighted by Crippen LogP contribution is -2.41. The molecule has 0 aromatic carbocycles. The topological polar surface area (TPSA) is 15.6 Å². The van der Waals surface area contributed by atoms with E-state index in [1.807, 2.05) is 7.05 Å². The van der Waals surface area contributed by atoms with Crippen molar-refractivity contribution in [3.63, 3.8) is 0 Å². The number of nitrogens with zero attached hydrogens (tertiary/aromatic N) is 2. The Morgan fingerprint density at radius 2 is 2.23 bits per heavy atom. The zero-order valence-electron chi connectivity index (χ0n) is 9.01. The van der Waals surface area contributed by atoms with Crippen molar-refractivity contribution in [2.24, 2.45) is 10.4 Å². The average molecular weight is 180 g/mol. The Bertz CT molecular complexity index is 234. The lowest BCUT2D eigenvalue weighted by atomic mass is 9.71. The van der Waals surface area contributed by atoms with Gasteiger partial charge in [-0.05, 0) is 38.3 Å². The van der Waals surface area contributed by atoms with Crippen molar-refractivity contribution >= 4 is 5.71 Å². The maximum atomic E-state index is 4.36. The highest BCUT2D eigenvalue weighted by molar-refractivity contribution is 5.86. The summed E-state index contributed by atoms with van der Waals surface area (Å²) in [4.78, 5) is 6.88. The SMILES string of the molecule is C/N=C1\CC[C@@]2(C)CCN(C)[C@H]2C1. The first kappa shape index (κ1) is 9.20. The molecule has 1 aliphatic heterocycles. The Morgan fingerprint density at radius 3 is 2.92 bits per heavy atom. The summed E-state index contributed by atoms with van der Waals surface area (Å²) < 4.78 is 0. The van der Waals surface area contributed by atoms with Crippen LogP contribution in [0.2, 0.25) is 0 Å². The molecular weight excluding hydrogens is 160 g/mol. The van der Waals surface area contributed by atoms with Gasteiger partial charge in [-0.25, -0.2) is 0 Å². The molecule has 1 saturated heterocycles. The van der Waals surface area contributed by atoms with Gasteiger partial charge in [-0.2, -0.15) is 0 Å². The van der Waals surface area contributed by atoms with Crippen LogP contribution in [0.25, 0.3) is 0 Å². The Morgan fingerprint density at radius 1 is 1.46 bits per heavy atom. The molecule has 0 N–H and O–H groups in total. The molecule has 2 nitrogen and oxygen atoms in total. The predicted octanol–water partition coefficient (Wildman–Crippen LogP) is 1.95. The van der Waals surface area contributed by atoms with Gasteiger partial charge in [0.2, 0.25) is 0 Å². The van der Waals surface area contributed by atoms with Gasteiger partial charge in [0.15, 0.2) is 0 Å². The smallest absolute Gasteiger partial charge is 0.0276 e. The molecule has 0 bridgehead atoms. The summed E-state index contributed by atoms with van der Waals surface area (Å²) in [5.41, 5.74) is 2.01. The minimum absolute atomic E-state index is 0.586. The van der Waals surface area contributed by atoms with Crippen LogP contribution in [0.5, 0.6) is 0 Å².